The van der Waals surface area contributed by atoms with Crippen molar-refractivity contribution in [3.63, 3.8) is 0 Å². The third-order valence-electron chi connectivity index (χ3n) is 5.16. The highest BCUT2D eigenvalue weighted by atomic mass is 32.1. The first-order valence-electron chi connectivity index (χ1n) is 10.2. The molecule has 1 aliphatic rings. The number of nitrogens with zero attached hydrogens (tertiary/aromatic N) is 3. The van der Waals surface area contributed by atoms with Crippen LogP contribution >= 0.6 is 11.3 Å². The van der Waals surface area contributed by atoms with Gasteiger partial charge in [-0.1, -0.05) is 24.3 Å². The summed E-state index contributed by atoms with van der Waals surface area (Å²) in [6, 6.07) is 15.4. The molecule has 0 spiro atoms. The number of likely N-dealkylation sites (N-methyl/N-ethyl adjacent to an activating group) is 1. The minimum absolute atomic E-state index is 0.119. The standard InChI is InChI=1S/C24H24N4O2S/c1-3-27-14-13-18-9-10-19(15-22(18)27)25-23(30)12-11-20-16-31-24(26-20)28(17(2)29)21-7-5-4-6-8-21/h4-12,15-16H,3,13-14H2,1-2H3,(H,25,30)/b12-11+. The van der Waals surface area contributed by atoms with E-state index in [-0.39, 0.29) is 11.8 Å². The van der Waals surface area contributed by atoms with Crippen molar-refractivity contribution in [2.45, 2.75) is 20.3 Å². The van der Waals surface area contributed by atoms with E-state index in [1.165, 1.54) is 35.6 Å². The molecule has 1 aromatic heterocycles. The maximum atomic E-state index is 12.4. The first-order valence-corrected chi connectivity index (χ1v) is 11.1. The molecule has 0 aliphatic carbocycles. The normalized spacial score (nSPS) is 12.8. The topological polar surface area (TPSA) is 65.5 Å². The van der Waals surface area contributed by atoms with Gasteiger partial charge in [0.2, 0.25) is 11.8 Å². The molecule has 0 radical (unpaired) electrons. The Morgan fingerprint density at radius 3 is 2.77 bits per heavy atom. The van der Waals surface area contributed by atoms with Crippen LogP contribution in [0.4, 0.5) is 22.2 Å². The van der Waals surface area contributed by atoms with E-state index >= 15 is 0 Å². The van der Waals surface area contributed by atoms with E-state index in [0.717, 1.165) is 30.9 Å². The van der Waals surface area contributed by atoms with Crippen LogP contribution in [0, 0.1) is 0 Å². The van der Waals surface area contributed by atoms with Gasteiger partial charge in [-0.2, -0.15) is 0 Å². The van der Waals surface area contributed by atoms with Gasteiger partial charge in [0.15, 0.2) is 5.13 Å². The average molecular weight is 433 g/mol. The molecule has 2 heterocycles. The number of carbonyl (C=O) groups excluding carboxylic acids is 2. The number of nitrogens with one attached hydrogen (secondary N) is 1. The number of para-hydroxylation sites is 1. The predicted molar refractivity (Wildman–Crippen MR) is 127 cm³/mol. The summed E-state index contributed by atoms with van der Waals surface area (Å²) in [6.07, 6.45) is 4.17. The zero-order valence-electron chi connectivity index (χ0n) is 17.5. The van der Waals surface area contributed by atoms with Crippen LogP contribution in [0.3, 0.4) is 0 Å². The van der Waals surface area contributed by atoms with Crippen molar-refractivity contribution < 1.29 is 9.59 Å². The van der Waals surface area contributed by atoms with E-state index in [4.69, 9.17) is 0 Å². The van der Waals surface area contributed by atoms with Gasteiger partial charge in [0.25, 0.3) is 0 Å². The summed E-state index contributed by atoms with van der Waals surface area (Å²) < 4.78 is 0. The third-order valence-corrected chi connectivity index (χ3v) is 6.01. The molecule has 0 fully saturated rings. The molecular weight excluding hydrogens is 408 g/mol. The molecule has 1 aliphatic heterocycles. The second-order valence-corrected chi connectivity index (χ2v) is 8.08. The molecule has 0 saturated carbocycles. The van der Waals surface area contributed by atoms with Crippen LogP contribution in [0.15, 0.2) is 60.0 Å². The van der Waals surface area contributed by atoms with Crippen molar-refractivity contribution >= 4 is 51.4 Å². The molecule has 2 aromatic carbocycles. The summed E-state index contributed by atoms with van der Waals surface area (Å²) in [4.78, 5) is 32.9. The Labute approximate surface area is 185 Å². The van der Waals surface area contributed by atoms with Gasteiger partial charge in [0.05, 0.1) is 11.4 Å². The Hall–Kier alpha value is -3.45. The average Bonchev–Trinajstić information content (AvgIpc) is 3.39. The lowest BCUT2D eigenvalue weighted by molar-refractivity contribution is -0.116. The van der Waals surface area contributed by atoms with Crippen molar-refractivity contribution in [3.8, 4) is 0 Å². The van der Waals surface area contributed by atoms with Gasteiger partial charge in [0.1, 0.15) is 0 Å². The molecule has 6 nitrogen and oxygen atoms in total. The maximum absolute atomic E-state index is 12.4. The van der Waals surface area contributed by atoms with Gasteiger partial charge in [-0.25, -0.2) is 4.98 Å². The van der Waals surface area contributed by atoms with Crippen molar-refractivity contribution in [2.75, 3.05) is 28.2 Å². The number of anilines is 4. The van der Waals surface area contributed by atoms with Gasteiger partial charge in [0, 0.05) is 42.8 Å². The molecule has 0 atom stereocenters. The maximum Gasteiger partial charge on any atom is 0.248 e. The van der Waals surface area contributed by atoms with Crippen LogP contribution in [0.2, 0.25) is 0 Å². The van der Waals surface area contributed by atoms with Crippen LogP contribution in [0.25, 0.3) is 6.08 Å². The molecule has 158 valence electrons. The molecule has 0 bridgehead atoms. The number of fused-ring (bicyclic) bond motifs is 1. The predicted octanol–water partition coefficient (Wildman–Crippen LogP) is 4.86. The summed E-state index contributed by atoms with van der Waals surface area (Å²) in [5, 5.41) is 5.31. The number of thiazole rings is 1. The monoisotopic (exact) mass is 432 g/mol. The van der Waals surface area contributed by atoms with E-state index < -0.39 is 0 Å². The van der Waals surface area contributed by atoms with Crippen molar-refractivity contribution in [1.29, 1.82) is 0 Å². The third kappa shape index (κ3) is 4.67. The van der Waals surface area contributed by atoms with Crippen molar-refractivity contribution in [3.05, 3.63) is 71.2 Å². The lowest BCUT2D eigenvalue weighted by Crippen LogP contribution is -2.22. The van der Waals surface area contributed by atoms with Crippen LogP contribution in [0.1, 0.15) is 25.1 Å². The minimum Gasteiger partial charge on any atom is -0.371 e. The molecule has 31 heavy (non-hydrogen) atoms. The number of carbonyl (C=O) groups is 2. The number of benzene rings is 2. The Morgan fingerprint density at radius 2 is 2.03 bits per heavy atom. The lowest BCUT2D eigenvalue weighted by Gasteiger charge is -2.17. The van der Waals surface area contributed by atoms with Crippen molar-refractivity contribution in [2.24, 2.45) is 0 Å². The van der Waals surface area contributed by atoms with E-state index in [1.54, 1.807) is 11.0 Å². The smallest absolute Gasteiger partial charge is 0.248 e. The summed E-state index contributed by atoms with van der Waals surface area (Å²) in [7, 11) is 0. The van der Waals surface area contributed by atoms with E-state index in [1.807, 2.05) is 47.8 Å². The van der Waals surface area contributed by atoms with Crippen molar-refractivity contribution in [1.82, 2.24) is 4.98 Å². The molecule has 3 aromatic rings. The lowest BCUT2D eigenvalue weighted by atomic mass is 10.1. The molecule has 2 amide bonds. The molecule has 7 heteroatoms. The molecule has 0 unspecified atom stereocenters. The second kappa shape index (κ2) is 9.14. The highest BCUT2D eigenvalue weighted by Gasteiger charge is 2.18. The highest BCUT2D eigenvalue weighted by Crippen LogP contribution is 2.31. The molecule has 1 N–H and O–H groups in total. The first kappa shape index (κ1) is 20.8. The molecule has 4 rings (SSSR count). The van der Waals surface area contributed by atoms with E-state index in [2.05, 4.69) is 28.2 Å². The Morgan fingerprint density at radius 1 is 1.23 bits per heavy atom. The molecular formula is C24H24N4O2S. The van der Waals surface area contributed by atoms with Gasteiger partial charge in [-0.15, -0.1) is 11.3 Å². The van der Waals surface area contributed by atoms with Gasteiger partial charge in [-0.05, 0) is 49.2 Å². The quantitative estimate of drug-likeness (QED) is 0.565. The SMILES string of the molecule is CCN1CCc2ccc(NC(=O)/C=C/c3csc(N(C(C)=O)c4ccccc4)n3)cc21. The van der Waals surface area contributed by atoms with E-state index in [0.29, 0.717) is 10.8 Å². The summed E-state index contributed by atoms with van der Waals surface area (Å²) in [5.41, 5.74) is 4.68. The fraction of sp³-hybridized carbons (Fsp3) is 0.208. The van der Waals surface area contributed by atoms with Gasteiger partial charge >= 0.3 is 0 Å². The van der Waals surface area contributed by atoms with Crippen LogP contribution in [-0.2, 0) is 16.0 Å². The zero-order valence-corrected chi connectivity index (χ0v) is 18.4. The van der Waals surface area contributed by atoms with Crippen LogP contribution in [0.5, 0.6) is 0 Å². The molecule has 0 saturated heterocycles. The number of amides is 2. The Kier molecular flexibility index (Phi) is 6.13. The summed E-state index contributed by atoms with van der Waals surface area (Å²) in [6.45, 7) is 5.62. The number of hydrogen-bond acceptors (Lipinski definition) is 5. The van der Waals surface area contributed by atoms with E-state index in [9.17, 15) is 9.59 Å². The highest BCUT2D eigenvalue weighted by molar-refractivity contribution is 7.14. The summed E-state index contributed by atoms with van der Waals surface area (Å²) >= 11 is 1.36. The largest absolute Gasteiger partial charge is 0.371 e. The van der Waals surface area contributed by atoms with Gasteiger partial charge < -0.3 is 10.2 Å². The first-order chi connectivity index (χ1) is 15.0. The van der Waals surface area contributed by atoms with Gasteiger partial charge in [-0.3, -0.25) is 14.5 Å². The fourth-order valence-electron chi connectivity index (χ4n) is 3.66. The Bertz CT molecular complexity index is 1120. The summed E-state index contributed by atoms with van der Waals surface area (Å²) in [5.74, 6) is -0.339. The minimum atomic E-state index is -0.220. The number of aromatic nitrogens is 1. The second-order valence-electron chi connectivity index (χ2n) is 7.24. The van der Waals surface area contributed by atoms with Crippen LogP contribution in [-0.4, -0.2) is 29.9 Å². The number of hydrogen-bond donors (Lipinski definition) is 1. The Balaban J connectivity index is 1.44. The number of rotatable bonds is 6. The zero-order chi connectivity index (χ0) is 21.8. The van der Waals surface area contributed by atoms with Crippen LogP contribution < -0.4 is 15.1 Å². The fourth-order valence-corrected chi connectivity index (χ4v) is 4.51.